The first kappa shape index (κ1) is 47.4. The Morgan fingerprint density at radius 1 is 1.03 bits per heavy atom. The topological polar surface area (TPSA) is 243 Å². The summed E-state index contributed by atoms with van der Waals surface area (Å²) < 4.78 is 40.8. The number of nitrogens with zero attached hydrogens (tertiary/aromatic N) is 1. The van der Waals surface area contributed by atoms with Crippen LogP contribution < -0.4 is 5.32 Å². The van der Waals surface area contributed by atoms with Crippen molar-refractivity contribution in [3.05, 3.63) is 47.0 Å². The summed E-state index contributed by atoms with van der Waals surface area (Å²) in [5.74, 6) is -7.50. The molecule has 12 atom stereocenters. The Morgan fingerprint density at radius 3 is 2.26 bits per heavy atom. The van der Waals surface area contributed by atoms with E-state index in [-0.39, 0.29) is 36.3 Å². The number of aliphatic hydroxyl groups is 3. The Labute approximate surface area is 362 Å². The lowest BCUT2D eigenvalue weighted by atomic mass is 9.44. The molecule has 1 amide bonds. The lowest BCUT2D eigenvalue weighted by molar-refractivity contribution is -0.346. The van der Waals surface area contributed by atoms with Gasteiger partial charge in [-0.2, -0.15) is 0 Å². The van der Waals surface area contributed by atoms with E-state index in [0.717, 1.165) is 6.92 Å². The van der Waals surface area contributed by atoms with E-state index < -0.39 is 118 Å². The Morgan fingerprint density at radius 2 is 1.68 bits per heavy atom. The number of aliphatic hydroxyl groups excluding tert-OH is 2. The van der Waals surface area contributed by atoms with Crippen molar-refractivity contribution in [1.29, 1.82) is 0 Å². The van der Waals surface area contributed by atoms with E-state index in [1.165, 1.54) is 26.0 Å². The minimum absolute atomic E-state index is 0.0692. The summed E-state index contributed by atoms with van der Waals surface area (Å²) in [5.41, 5.74) is -8.62. The number of carbonyl (C=O) groups is 6. The SMILES string of the molecule is CC(=O)O[C@@]12CO[C@@H]1C[C@H](O)[C@@]1(C)C(=O)[C@H](O)C3=C(C)[C@@H](OC(=O)[C@H](OC(=O)CN4CCOCC4)[C@H](P)NC(=O)OC(C)(C)C)C[C@@](O)([C@@H](OC(=O)c4ccccc4)C12)C3(C)C. The van der Waals surface area contributed by atoms with Crippen molar-refractivity contribution in [2.24, 2.45) is 16.7 Å². The second kappa shape index (κ2) is 17.5. The van der Waals surface area contributed by atoms with Crippen LogP contribution in [-0.4, -0.2) is 155 Å². The number of ketones is 1. The molecule has 0 aromatic heterocycles. The Kier molecular flexibility index (Phi) is 13.4. The van der Waals surface area contributed by atoms with Crippen LogP contribution in [0.2, 0.25) is 0 Å². The van der Waals surface area contributed by atoms with Gasteiger partial charge in [0.2, 0.25) is 6.10 Å². The van der Waals surface area contributed by atoms with Gasteiger partial charge in [-0.05, 0) is 57.9 Å². The number of rotatable bonds is 10. The predicted octanol–water partition coefficient (Wildman–Crippen LogP) is 1.60. The molecule has 6 rings (SSSR count). The van der Waals surface area contributed by atoms with Gasteiger partial charge in [-0.3, -0.25) is 19.3 Å². The summed E-state index contributed by atoms with van der Waals surface area (Å²) in [6.07, 6.45) is -11.4. The minimum Gasteiger partial charge on any atom is -0.455 e. The number of alkyl carbamates (subject to hydrolysis) is 1. The maximum atomic E-state index is 15.0. The van der Waals surface area contributed by atoms with Gasteiger partial charge in [0, 0.05) is 38.3 Å². The molecule has 2 aliphatic heterocycles. The molecule has 3 aliphatic carbocycles. The fraction of sp³-hybridized carbons (Fsp3) is 0.674. The van der Waals surface area contributed by atoms with E-state index in [9.17, 15) is 39.3 Å². The molecule has 2 saturated heterocycles. The van der Waals surface area contributed by atoms with Crippen molar-refractivity contribution in [2.45, 2.75) is 127 Å². The monoisotopic (exact) mass is 890 g/mol. The fourth-order valence-electron chi connectivity index (χ4n) is 9.89. The first-order valence-electron chi connectivity index (χ1n) is 20.7. The molecule has 342 valence electrons. The number of fused-ring (bicyclic) bond motifs is 5. The molecule has 0 radical (unpaired) electrons. The van der Waals surface area contributed by atoms with Crippen molar-refractivity contribution in [3.8, 4) is 0 Å². The van der Waals surface area contributed by atoms with Crippen LogP contribution in [0.15, 0.2) is 41.5 Å². The number of benzene rings is 1. The van der Waals surface area contributed by atoms with Crippen LogP contribution in [0.1, 0.15) is 78.6 Å². The van der Waals surface area contributed by atoms with Gasteiger partial charge in [-0.1, -0.05) is 32.0 Å². The number of Topliss-reactive ketones (excluding diaryl/α,β-unsaturated/α-hetero) is 1. The highest BCUT2D eigenvalue weighted by Gasteiger charge is 2.78. The molecule has 1 aromatic rings. The predicted molar refractivity (Wildman–Crippen MR) is 219 cm³/mol. The lowest BCUT2D eigenvalue weighted by Crippen LogP contribution is -2.81. The van der Waals surface area contributed by atoms with Crippen LogP contribution in [0.3, 0.4) is 0 Å². The number of esters is 4. The zero-order valence-corrected chi connectivity index (χ0v) is 37.5. The molecule has 2 heterocycles. The number of nitrogens with one attached hydrogen (secondary N) is 1. The number of hydrogen-bond acceptors (Lipinski definition) is 17. The molecule has 2 unspecified atom stereocenters. The molecule has 2 bridgehead atoms. The Hall–Kier alpha value is -4.03. The van der Waals surface area contributed by atoms with Gasteiger partial charge < -0.3 is 53.8 Å². The van der Waals surface area contributed by atoms with Crippen LogP contribution in [0.5, 0.6) is 0 Å². The van der Waals surface area contributed by atoms with Crippen molar-refractivity contribution in [1.82, 2.24) is 10.2 Å². The largest absolute Gasteiger partial charge is 0.455 e. The van der Waals surface area contributed by atoms with Gasteiger partial charge in [-0.15, -0.1) is 9.24 Å². The smallest absolute Gasteiger partial charge is 0.408 e. The standard InChI is InChI=1S/C43H59N2O16P/c1-22-25(57-37(52)31(35(62)44-38(53)61-39(3,4)5)58-28(48)20-45-14-16-55-17-15-45)19-43(54)34(59-36(51)24-12-10-9-11-13-24)32-41(8,33(50)30(49)29(22)40(43,6)7)26(47)18-27-42(32,21-56-27)60-23(2)46/h9-13,25-27,30-32,34-35,47,49,54H,14-21,62H2,1-8H3,(H,44,53)/t25-,26-,27+,30+,31+,32?,34-,35-,41+,42-,43+/m0/s1. The van der Waals surface area contributed by atoms with Crippen LogP contribution in [0.25, 0.3) is 0 Å². The van der Waals surface area contributed by atoms with Gasteiger partial charge >= 0.3 is 30.0 Å². The normalized spacial score (nSPS) is 34.0. The van der Waals surface area contributed by atoms with Crippen molar-refractivity contribution in [2.75, 3.05) is 39.5 Å². The molecule has 1 aromatic carbocycles. The number of ether oxygens (including phenoxy) is 7. The molecule has 62 heavy (non-hydrogen) atoms. The summed E-state index contributed by atoms with van der Waals surface area (Å²) in [5, 5.41) is 40.2. The third kappa shape index (κ3) is 8.63. The summed E-state index contributed by atoms with van der Waals surface area (Å²) in [7, 11) is 2.23. The second-order valence-electron chi connectivity index (χ2n) is 18.6. The highest BCUT2D eigenvalue weighted by atomic mass is 31.0. The Balaban J connectivity index is 1.46. The molecule has 5 aliphatic rings. The molecule has 18 nitrogen and oxygen atoms in total. The van der Waals surface area contributed by atoms with Crippen molar-refractivity contribution in [3.63, 3.8) is 0 Å². The first-order chi connectivity index (χ1) is 28.9. The van der Waals surface area contributed by atoms with E-state index in [0.29, 0.717) is 26.3 Å². The molecule has 4 fully saturated rings. The molecular weight excluding hydrogens is 831 g/mol. The highest BCUT2D eigenvalue weighted by Crippen LogP contribution is 2.64. The third-order valence-electron chi connectivity index (χ3n) is 13.1. The molecular formula is C43H59N2O16P. The molecule has 2 saturated carbocycles. The van der Waals surface area contributed by atoms with Gasteiger partial charge in [0.1, 0.15) is 35.6 Å². The summed E-state index contributed by atoms with van der Waals surface area (Å²) >= 11 is 0. The van der Waals surface area contributed by atoms with Gasteiger partial charge in [0.15, 0.2) is 11.4 Å². The van der Waals surface area contributed by atoms with Crippen LogP contribution in [-0.2, 0) is 52.3 Å². The number of morpholine rings is 1. The summed E-state index contributed by atoms with van der Waals surface area (Å²) in [6, 6.07) is 7.83. The van der Waals surface area contributed by atoms with Crippen LogP contribution >= 0.6 is 9.24 Å². The van der Waals surface area contributed by atoms with Gasteiger partial charge in [-0.25, -0.2) is 14.4 Å². The number of amides is 1. The average Bonchev–Trinajstić information content (AvgIpc) is 3.18. The quantitative estimate of drug-likeness (QED) is 0.113. The van der Waals surface area contributed by atoms with Gasteiger partial charge in [0.25, 0.3) is 0 Å². The average molecular weight is 891 g/mol. The maximum Gasteiger partial charge on any atom is 0.408 e. The molecule has 19 heteroatoms. The zero-order valence-electron chi connectivity index (χ0n) is 36.3. The van der Waals surface area contributed by atoms with E-state index in [2.05, 4.69) is 14.6 Å². The Bertz CT molecular complexity index is 1960. The summed E-state index contributed by atoms with van der Waals surface area (Å²) in [6.45, 7) is 13.1. The van der Waals surface area contributed by atoms with Crippen molar-refractivity contribution >= 4 is 45.0 Å². The second-order valence-corrected chi connectivity index (χ2v) is 19.3. The fourth-order valence-corrected chi connectivity index (χ4v) is 10.3. The lowest BCUT2D eigenvalue weighted by Gasteiger charge is -2.67. The number of carbonyl (C=O) groups excluding carboxylic acids is 6. The minimum atomic E-state index is -2.38. The first-order valence-corrected chi connectivity index (χ1v) is 21.4. The summed E-state index contributed by atoms with van der Waals surface area (Å²) in [4.78, 5) is 84.6. The van der Waals surface area contributed by atoms with Crippen LogP contribution in [0, 0.1) is 16.7 Å². The number of hydrogen-bond donors (Lipinski definition) is 4. The molecule has 4 N–H and O–H groups in total. The van der Waals surface area contributed by atoms with Crippen LogP contribution in [0.4, 0.5) is 4.79 Å². The third-order valence-corrected chi connectivity index (χ3v) is 13.7. The van der Waals surface area contributed by atoms with E-state index >= 15 is 4.79 Å². The zero-order chi connectivity index (χ0) is 45.7. The highest BCUT2D eigenvalue weighted by molar-refractivity contribution is 7.17. The van der Waals surface area contributed by atoms with Crippen molar-refractivity contribution < 1.29 is 77.2 Å². The molecule has 0 spiro atoms. The van der Waals surface area contributed by atoms with E-state index in [1.54, 1.807) is 57.7 Å². The van der Waals surface area contributed by atoms with E-state index in [4.69, 9.17) is 33.2 Å². The van der Waals surface area contributed by atoms with Gasteiger partial charge in [0.05, 0.1) is 55.1 Å². The van der Waals surface area contributed by atoms with E-state index in [1.807, 2.05) is 0 Å². The maximum absolute atomic E-state index is 15.0.